The Hall–Kier alpha value is -1.26. The number of aliphatic carboxylic acids is 1. The highest BCUT2D eigenvalue weighted by atomic mass is 35.5. The standard InChI is InChI=1S/C14H20ClNO3/c1-3-5-13(14(17)18)19-12-7-6-10(8-11(12)15)9-16-4-2/h6-8,13,16H,3-5,9H2,1-2H3,(H,17,18). The predicted molar refractivity (Wildman–Crippen MR) is 75.8 cm³/mol. The van der Waals surface area contributed by atoms with E-state index in [1.807, 2.05) is 19.9 Å². The molecule has 0 fully saturated rings. The van der Waals surface area contributed by atoms with E-state index in [4.69, 9.17) is 21.4 Å². The summed E-state index contributed by atoms with van der Waals surface area (Å²) in [5.74, 6) is -0.544. The zero-order valence-electron chi connectivity index (χ0n) is 11.3. The molecule has 0 saturated carbocycles. The molecule has 0 aliphatic rings. The van der Waals surface area contributed by atoms with Crippen molar-refractivity contribution in [2.24, 2.45) is 0 Å². The molecule has 106 valence electrons. The Balaban J connectivity index is 2.75. The molecule has 5 heteroatoms. The molecule has 0 aliphatic carbocycles. The van der Waals surface area contributed by atoms with Crippen LogP contribution in [0.25, 0.3) is 0 Å². The minimum atomic E-state index is -0.963. The third-order valence-corrected chi connectivity index (χ3v) is 2.97. The van der Waals surface area contributed by atoms with E-state index >= 15 is 0 Å². The van der Waals surface area contributed by atoms with E-state index in [2.05, 4.69) is 5.32 Å². The second-order valence-corrected chi connectivity index (χ2v) is 4.69. The molecule has 0 radical (unpaired) electrons. The van der Waals surface area contributed by atoms with Crippen molar-refractivity contribution in [1.29, 1.82) is 0 Å². The van der Waals surface area contributed by atoms with Crippen molar-refractivity contribution in [3.8, 4) is 5.75 Å². The van der Waals surface area contributed by atoms with E-state index in [0.29, 0.717) is 17.2 Å². The van der Waals surface area contributed by atoms with Gasteiger partial charge in [0.05, 0.1) is 5.02 Å². The van der Waals surface area contributed by atoms with E-state index in [-0.39, 0.29) is 0 Å². The predicted octanol–water partition coefficient (Wildman–Crippen LogP) is 3.08. The molecule has 1 atom stereocenters. The molecule has 2 N–H and O–H groups in total. The van der Waals surface area contributed by atoms with Gasteiger partial charge in [0, 0.05) is 6.54 Å². The molecule has 1 aromatic rings. The average Bonchev–Trinajstić information content (AvgIpc) is 2.38. The molecule has 0 aliphatic heterocycles. The normalized spacial score (nSPS) is 12.2. The summed E-state index contributed by atoms with van der Waals surface area (Å²) < 4.78 is 5.45. The van der Waals surface area contributed by atoms with E-state index in [1.165, 1.54) is 0 Å². The van der Waals surface area contributed by atoms with Gasteiger partial charge < -0.3 is 15.2 Å². The Labute approximate surface area is 118 Å². The lowest BCUT2D eigenvalue weighted by molar-refractivity contribution is -0.145. The third kappa shape index (κ3) is 5.09. The van der Waals surface area contributed by atoms with Gasteiger partial charge in [0.25, 0.3) is 0 Å². The van der Waals surface area contributed by atoms with Crippen LogP contribution < -0.4 is 10.1 Å². The van der Waals surface area contributed by atoms with Crippen LogP contribution in [0.15, 0.2) is 18.2 Å². The summed E-state index contributed by atoms with van der Waals surface area (Å²) in [6.07, 6.45) is 0.361. The highest BCUT2D eigenvalue weighted by molar-refractivity contribution is 6.32. The Morgan fingerprint density at radius 3 is 2.74 bits per heavy atom. The molecule has 0 bridgehead atoms. The monoisotopic (exact) mass is 285 g/mol. The maximum Gasteiger partial charge on any atom is 0.344 e. The number of hydrogen-bond donors (Lipinski definition) is 2. The fraction of sp³-hybridized carbons (Fsp3) is 0.500. The summed E-state index contributed by atoms with van der Waals surface area (Å²) in [6, 6.07) is 5.40. The molecule has 1 rings (SSSR count). The Bertz CT molecular complexity index is 423. The summed E-state index contributed by atoms with van der Waals surface area (Å²) >= 11 is 6.11. The van der Waals surface area contributed by atoms with Crippen LogP contribution in [-0.4, -0.2) is 23.7 Å². The highest BCUT2D eigenvalue weighted by Gasteiger charge is 2.19. The number of carboxylic acid groups (broad SMARTS) is 1. The van der Waals surface area contributed by atoms with Crippen LogP contribution in [0.3, 0.4) is 0 Å². The first kappa shape index (κ1) is 15.8. The van der Waals surface area contributed by atoms with Crippen molar-refractivity contribution in [2.75, 3.05) is 6.54 Å². The van der Waals surface area contributed by atoms with Crippen molar-refractivity contribution >= 4 is 17.6 Å². The van der Waals surface area contributed by atoms with Crippen molar-refractivity contribution in [3.63, 3.8) is 0 Å². The van der Waals surface area contributed by atoms with Gasteiger partial charge in [-0.25, -0.2) is 4.79 Å². The summed E-state index contributed by atoms with van der Waals surface area (Å²) in [5, 5.41) is 12.7. The van der Waals surface area contributed by atoms with E-state index in [0.717, 1.165) is 25.1 Å². The van der Waals surface area contributed by atoms with Crippen LogP contribution in [0, 0.1) is 0 Å². The summed E-state index contributed by atoms with van der Waals surface area (Å²) in [4.78, 5) is 11.0. The lowest BCUT2D eigenvalue weighted by Crippen LogP contribution is -2.26. The fourth-order valence-corrected chi connectivity index (χ4v) is 1.92. The molecular formula is C14H20ClNO3. The summed E-state index contributed by atoms with van der Waals surface area (Å²) in [6.45, 7) is 5.56. The van der Waals surface area contributed by atoms with Crippen LogP contribution in [-0.2, 0) is 11.3 Å². The van der Waals surface area contributed by atoms with Crippen LogP contribution in [0.4, 0.5) is 0 Å². The molecule has 1 aromatic carbocycles. The van der Waals surface area contributed by atoms with E-state index in [1.54, 1.807) is 12.1 Å². The third-order valence-electron chi connectivity index (χ3n) is 2.67. The zero-order valence-corrected chi connectivity index (χ0v) is 12.0. The molecule has 19 heavy (non-hydrogen) atoms. The second-order valence-electron chi connectivity index (χ2n) is 4.28. The van der Waals surface area contributed by atoms with Gasteiger partial charge in [-0.15, -0.1) is 0 Å². The van der Waals surface area contributed by atoms with E-state index in [9.17, 15) is 4.79 Å². The van der Waals surface area contributed by atoms with E-state index < -0.39 is 12.1 Å². The van der Waals surface area contributed by atoms with Gasteiger partial charge in [0.15, 0.2) is 6.10 Å². The van der Waals surface area contributed by atoms with Gasteiger partial charge in [-0.1, -0.05) is 37.9 Å². The van der Waals surface area contributed by atoms with Crippen molar-refractivity contribution in [3.05, 3.63) is 28.8 Å². The quantitative estimate of drug-likeness (QED) is 0.771. The summed E-state index contributed by atoms with van der Waals surface area (Å²) in [5.41, 5.74) is 1.04. The van der Waals surface area contributed by atoms with Gasteiger partial charge in [-0.05, 0) is 30.7 Å². The van der Waals surface area contributed by atoms with Gasteiger partial charge in [0.1, 0.15) is 5.75 Å². The van der Waals surface area contributed by atoms with Gasteiger partial charge >= 0.3 is 5.97 Å². The Kier molecular flexibility index (Phi) is 6.67. The van der Waals surface area contributed by atoms with Gasteiger partial charge in [0.2, 0.25) is 0 Å². The largest absolute Gasteiger partial charge is 0.479 e. The molecule has 0 spiro atoms. The number of benzene rings is 1. The summed E-state index contributed by atoms with van der Waals surface area (Å²) in [7, 11) is 0. The van der Waals surface area contributed by atoms with Crippen LogP contribution in [0.2, 0.25) is 5.02 Å². The average molecular weight is 286 g/mol. The number of halogens is 1. The SMILES string of the molecule is CCCC(Oc1ccc(CNCC)cc1Cl)C(=O)O. The molecule has 1 unspecified atom stereocenters. The van der Waals surface area contributed by atoms with Crippen LogP contribution in [0.5, 0.6) is 5.75 Å². The van der Waals surface area contributed by atoms with Crippen molar-refractivity contribution in [1.82, 2.24) is 5.32 Å². The first-order valence-electron chi connectivity index (χ1n) is 6.47. The molecule has 0 heterocycles. The Morgan fingerprint density at radius 2 is 2.21 bits per heavy atom. The topological polar surface area (TPSA) is 58.6 Å². The minimum Gasteiger partial charge on any atom is -0.479 e. The number of carboxylic acids is 1. The zero-order chi connectivity index (χ0) is 14.3. The van der Waals surface area contributed by atoms with Crippen LogP contribution in [0.1, 0.15) is 32.3 Å². The molecular weight excluding hydrogens is 266 g/mol. The Morgan fingerprint density at radius 1 is 1.47 bits per heavy atom. The first-order chi connectivity index (χ1) is 9.08. The van der Waals surface area contributed by atoms with Crippen molar-refractivity contribution < 1.29 is 14.6 Å². The first-order valence-corrected chi connectivity index (χ1v) is 6.84. The smallest absolute Gasteiger partial charge is 0.344 e. The second kappa shape index (κ2) is 8.02. The number of nitrogens with one attached hydrogen (secondary N) is 1. The maximum atomic E-state index is 11.0. The van der Waals surface area contributed by atoms with Gasteiger partial charge in [-0.3, -0.25) is 0 Å². The number of ether oxygens (including phenoxy) is 1. The maximum absolute atomic E-state index is 11.0. The van der Waals surface area contributed by atoms with Crippen molar-refractivity contribution in [2.45, 2.75) is 39.3 Å². The lowest BCUT2D eigenvalue weighted by Gasteiger charge is -2.16. The number of carbonyl (C=O) groups is 1. The number of rotatable bonds is 8. The molecule has 0 amide bonds. The minimum absolute atomic E-state index is 0.419. The highest BCUT2D eigenvalue weighted by Crippen LogP contribution is 2.27. The molecule has 0 saturated heterocycles. The molecule has 0 aromatic heterocycles. The van der Waals surface area contributed by atoms with Crippen LogP contribution >= 0.6 is 11.6 Å². The molecule has 4 nitrogen and oxygen atoms in total. The lowest BCUT2D eigenvalue weighted by atomic mass is 10.2. The number of hydrogen-bond acceptors (Lipinski definition) is 3. The fourth-order valence-electron chi connectivity index (χ4n) is 1.67. The van der Waals surface area contributed by atoms with Gasteiger partial charge in [-0.2, -0.15) is 0 Å².